The molecule has 0 bridgehead atoms. The molecule has 190 valence electrons. The molecule has 0 fully saturated rings. The van der Waals surface area contributed by atoms with Crippen molar-refractivity contribution in [3.8, 4) is 5.75 Å². The van der Waals surface area contributed by atoms with Crippen LogP contribution in [-0.2, 0) is 30.2 Å². The lowest BCUT2D eigenvalue weighted by molar-refractivity contribution is -0.245. The van der Waals surface area contributed by atoms with Crippen molar-refractivity contribution in [2.45, 2.75) is 28.9 Å². The third kappa shape index (κ3) is 5.04. The molecule has 1 rings (SSSR count). The average molecular weight is 560 g/mol. The van der Waals surface area contributed by atoms with Crippen molar-refractivity contribution in [2.75, 3.05) is 0 Å². The number of halogens is 9. The topological polar surface area (TPSA) is 143 Å². The second kappa shape index (κ2) is 8.27. The summed E-state index contributed by atoms with van der Waals surface area (Å²) < 4.78 is 190. The Balaban J connectivity index is 3.45. The van der Waals surface area contributed by atoms with E-state index >= 15 is 0 Å². The van der Waals surface area contributed by atoms with E-state index in [-0.39, 0.29) is 5.56 Å². The highest BCUT2D eigenvalue weighted by Gasteiger charge is 2.81. The van der Waals surface area contributed by atoms with Crippen molar-refractivity contribution in [3.05, 3.63) is 34.0 Å². The fraction of sp³-hybridized carbons (Fsp3) is 0.417. The smallest absolute Gasteiger partial charge is 0.423 e. The Hall–Kier alpha value is -2.13. The Kier molecular flexibility index (Phi) is 7.24. The van der Waals surface area contributed by atoms with Gasteiger partial charge in [0.15, 0.2) is 25.8 Å². The van der Waals surface area contributed by atoms with E-state index in [1.165, 1.54) is 0 Å². The monoisotopic (exact) mass is 560 g/mol. The number of ketones is 1. The quantitative estimate of drug-likeness (QED) is 0.255. The molecular formula is C12H7F9NO8S3-. The third-order valence-corrected chi connectivity index (χ3v) is 7.68. The number of carbonyl (C=O) groups is 1. The van der Waals surface area contributed by atoms with E-state index in [2.05, 4.69) is 4.18 Å². The first-order valence-electron chi connectivity index (χ1n) is 7.32. The van der Waals surface area contributed by atoms with E-state index < -0.39 is 63.6 Å². The highest BCUT2D eigenvalue weighted by molar-refractivity contribution is 8.13. The largest absolute Gasteiger partial charge is 0.480 e. The lowest BCUT2D eigenvalue weighted by Gasteiger charge is -2.35. The van der Waals surface area contributed by atoms with Gasteiger partial charge in [-0.2, -0.15) is 47.9 Å². The maximum atomic E-state index is 13.9. The Labute approximate surface area is 178 Å². The fourth-order valence-electron chi connectivity index (χ4n) is 1.63. The Morgan fingerprint density at radius 2 is 1.18 bits per heavy atom. The van der Waals surface area contributed by atoms with Crippen molar-refractivity contribution >= 4 is 35.9 Å². The average Bonchev–Trinajstić information content (AvgIpc) is 2.59. The van der Waals surface area contributed by atoms with Crippen molar-refractivity contribution in [3.63, 3.8) is 0 Å². The minimum atomic E-state index is -7.99. The van der Waals surface area contributed by atoms with Gasteiger partial charge in [0.2, 0.25) is 0 Å². The molecule has 1 aromatic carbocycles. The van der Waals surface area contributed by atoms with Gasteiger partial charge >= 0.3 is 32.1 Å². The summed E-state index contributed by atoms with van der Waals surface area (Å²) in [5.41, 5.74) is -6.91. The molecule has 0 spiro atoms. The molecule has 0 N–H and O–H groups in total. The SMILES string of the molecule is CC(=O)c1ccc(OS(=O)(=O)C(F)(F)C(F)(F)C(F)(F)S(=O)(=O)[N-]S(=O)(=O)C(F)(F)F)cc1. The first kappa shape index (κ1) is 28.9. The molecule has 21 heteroatoms. The molecular weight excluding hydrogens is 553 g/mol. The zero-order valence-corrected chi connectivity index (χ0v) is 17.6. The van der Waals surface area contributed by atoms with Crippen LogP contribution in [0, 0.1) is 0 Å². The second-order valence-electron chi connectivity index (χ2n) is 5.70. The normalized spacial score (nSPS) is 14.7. The summed E-state index contributed by atoms with van der Waals surface area (Å²) in [4.78, 5) is 11.1. The van der Waals surface area contributed by atoms with Gasteiger partial charge in [-0.05, 0) is 31.2 Å². The Morgan fingerprint density at radius 1 is 0.758 bits per heavy atom. The summed E-state index contributed by atoms with van der Waals surface area (Å²) in [5.74, 6) is -9.53. The van der Waals surface area contributed by atoms with Gasteiger partial charge in [0, 0.05) is 5.56 Å². The molecule has 1 aromatic rings. The van der Waals surface area contributed by atoms with Crippen LogP contribution in [0.5, 0.6) is 5.75 Å². The van der Waals surface area contributed by atoms with Crippen LogP contribution in [-0.4, -0.2) is 53.0 Å². The predicted molar refractivity (Wildman–Crippen MR) is 88.1 cm³/mol. The van der Waals surface area contributed by atoms with Crippen LogP contribution in [0.25, 0.3) is 4.13 Å². The van der Waals surface area contributed by atoms with Crippen molar-refractivity contribution in [1.29, 1.82) is 0 Å². The van der Waals surface area contributed by atoms with Gasteiger partial charge in [0.05, 0.1) is 0 Å². The summed E-state index contributed by atoms with van der Waals surface area (Å²) in [5, 5.41) is -14.7. The van der Waals surface area contributed by atoms with Crippen molar-refractivity contribution < 1.29 is 73.7 Å². The zero-order chi connectivity index (χ0) is 26.5. The molecule has 0 aliphatic heterocycles. The first-order valence-corrected chi connectivity index (χ1v) is 11.6. The van der Waals surface area contributed by atoms with Crippen LogP contribution in [0.4, 0.5) is 39.5 Å². The van der Waals surface area contributed by atoms with Gasteiger partial charge in [-0.25, -0.2) is 16.8 Å². The minimum absolute atomic E-state index is 0.179. The number of alkyl halides is 9. The number of Topliss-reactive ketones (excluding diaryl/α,β-unsaturated/α-hetero) is 1. The number of hydrogen-bond acceptors (Lipinski definition) is 8. The van der Waals surface area contributed by atoms with Crippen LogP contribution in [0.1, 0.15) is 17.3 Å². The number of sulfonamides is 2. The van der Waals surface area contributed by atoms with Crippen LogP contribution < -0.4 is 4.18 Å². The fourth-order valence-corrected chi connectivity index (χ4v) is 4.80. The molecule has 0 saturated carbocycles. The van der Waals surface area contributed by atoms with Gasteiger partial charge < -0.3 is 8.31 Å². The number of carbonyl (C=O) groups excluding carboxylic acids is 1. The van der Waals surface area contributed by atoms with Gasteiger partial charge in [-0.1, -0.05) is 0 Å². The molecule has 0 aromatic heterocycles. The van der Waals surface area contributed by atoms with Crippen LogP contribution in [0.3, 0.4) is 0 Å². The van der Waals surface area contributed by atoms with E-state index in [9.17, 15) is 69.6 Å². The summed E-state index contributed by atoms with van der Waals surface area (Å²) in [6, 6.07) is 2.32. The number of benzene rings is 1. The molecule has 0 amide bonds. The lowest BCUT2D eigenvalue weighted by Crippen LogP contribution is -2.61. The van der Waals surface area contributed by atoms with Gasteiger partial charge in [-0.15, -0.1) is 0 Å². The molecule has 9 nitrogen and oxygen atoms in total. The maximum absolute atomic E-state index is 13.9. The molecule has 0 atom stereocenters. The van der Waals surface area contributed by atoms with Crippen molar-refractivity contribution in [1.82, 2.24) is 0 Å². The van der Waals surface area contributed by atoms with Crippen LogP contribution >= 0.6 is 0 Å². The molecule has 33 heavy (non-hydrogen) atoms. The van der Waals surface area contributed by atoms with Crippen LogP contribution in [0.15, 0.2) is 24.3 Å². The molecule has 0 radical (unpaired) electrons. The first-order chi connectivity index (χ1) is 14.3. The summed E-state index contributed by atoms with van der Waals surface area (Å²) in [6.07, 6.45) is 0. The zero-order valence-electron chi connectivity index (χ0n) is 15.1. The molecule has 0 heterocycles. The number of nitrogens with zero attached hydrogens (tertiary/aromatic N) is 1. The predicted octanol–water partition coefficient (Wildman–Crippen LogP) is 2.97. The van der Waals surface area contributed by atoms with Crippen LogP contribution in [0.2, 0.25) is 0 Å². The highest BCUT2D eigenvalue weighted by Crippen LogP contribution is 2.53. The Morgan fingerprint density at radius 3 is 1.55 bits per heavy atom. The van der Waals surface area contributed by atoms with Gasteiger partial charge in [0.25, 0.3) is 0 Å². The maximum Gasteiger partial charge on any atom is 0.480 e. The molecule has 0 saturated heterocycles. The summed E-state index contributed by atoms with van der Waals surface area (Å²) in [6.45, 7) is 0.994. The minimum Gasteiger partial charge on any atom is -0.423 e. The van der Waals surface area contributed by atoms with Gasteiger partial charge in [-0.3, -0.25) is 4.79 Å². The number of hydrogen-bond donors (Lipinski definition) is 0. The summed E-state index contributed by atoms with van der Waals surface area (Å²) in [7, 11) is -22.7. The van der Waals surface area contributed by atoms with E-state index in [4.69, 9.17) is 0 Å². The van der Waals surface area contributed by atoms with E-state index in [0.29, 0.717) is 16.3 Å². The van der Waals surface area contributed by atoms with E-state index in [0.717, 1.165) is 19.1 Å². The third-order valence-electron chi connectivity index (χ3n) is 3.32. The summed E-state index contributed by atoms with van der Waals surface area (Å²) >= 11 is 0. The molecule has 0 unspecified atom stereocenters. The van der Waals surface area contributed by atoms with Gasteiger partial charge in [0.1, 0.15) is 5.75 Å². The standard InChI is InChI=1S/C12H7F9NO8S3/c1-6(23)7-2-4-8(5-3-7)30-33(28,29)11(17,18)9(13,14)10(15,16)31(24,25)22-32(26,27)12(19,20)21/h2-5H,1H3/q-1. The molecule has 0 aliphatic carbocycles. The number of rotatable bonds is 9. The van der Waals surface area contributed by atoms with E-state index in [1.54, 1.807) is 0 Å². The Bertz CT molecular complexity index is 1240. The lowest BCUT2D eigenvalue weighted by atomic mass is 10.1. The van der Waals surface area contributed by atoms with E-state index in [1.807, 2.05) is 0 Å². The highest BCUT2D eigenvalue weighted by atomic mass is 32.3. The molecule has 0 aliphatic rings. The second-order valence-corrected chi connectivity index (χ2v) is 10.8. The van der Waals surface area contributed by atoms with Crippen molar-refractivity contribution in [2.24, 2.45) is 0 Å².